The highest BCUT2D eigenvalue weighted by atomic mass is 32.2. The second-order valence-electron chi connectivity index (χ2n) is 6.08. The topological polar surface area (TPSA) is 104 Å². The van der Waals surface area contributed by atoms with Gasteiger partial charge in [-0.05, 0) is 32.1 Å². The first-order chi connectivity index (χ1) is 9.73. The van der Waals surface area contributed by atoms with E-state index < -0.39 is 27.6 Å². The number of sulfonamides is 1. The molecule has 1 aliphatic carbocycles. The van der Waals surface area contributed by atoms with Gasteiger partial charge in [-0.2, -0.15) is 4.31 Å². The number of hydrogen-bond acceptors (Lipinski definition) is 4. The summed E-state index contributed by atoms with van der Waals surface area (Å²) < 4.78 is 24.8. The zero-order valence-electron chi connectivity index (χ0n) is 12.2. The van der Waals surface area contributed by atoms with Gasteiger partial charge in [0.2, 0.25) is 15.9 Å². The van der Waals surface area contributed by atoms with E-state index in [9.17, 15) is 18.0 Å². The maximum atomic E-state index is 12.4. The van der Waals surface area contributed by atoms with Crippen molar-refractivity contribution in [3.05, 3.63) is 0 Å². The molecule has 2 aliphatic rings. The van der Waals surface area contributed by atoms with E-state index in [0.29, 0.717) is 25.8 Å². The van der Waals surface area contributed by atoms with Crippen LogP contribution in [0.2, 0.25) is 0 Å². The summed E-state index contributed by atoms with van der Waals surface area (Å²) in [5.74, 6) is -1.31. The Balaban J connectivity index is 2.09. The summed E-state index contributed by atoms with van der Waals surface area (Å²) in [5, 5.41) is 11.8. The van der Waals surface area contributed by atoms with Crippen molar-refractivity contribution in [3.63, 3.8) is 0 Å². The molecule has 1 amide bonds. The second-order valence-corrected chi connectivity index (χ2v) is 8.01. The summed E-state index contributed by atoms with van der Waals surface area (Å²) in [6, 6.07) is -0.708. The number of amides is 1. The van der Waals surface area contributed by atoms with Crippen LogP contribution >= 0.6 is 0 Å². The smallest absolute Gasteiger partial charge is 0.305 e. The highest BCUT2D eigenvalue weighted by molar-refractivity contribution is 7.88. The minimum absolute atomic E-state index is 0.107. The van der Waals surface area contributed by atoms with E-state index in [-0.39, 0.29) is 12.3 Å². The Morgan fingerprint density at radius 3 is 2.43 bits per heavy atom. The molecular weight excluding hydrogens is 296 g/mol. The predicted molar refractivity (Wildman–Crippen MR) is 76.2 cm³/mol. The molecule has 2 fully saturated rings. The van der Waals surface area contributed by atoms with E-state index in [0.717, 1.165) is 25.5 Å². The molecule has 7 nitrogen and oxygen atoms in total. The molecule has 0 radical (unpaired) electrons. The van der Waals surface area contributed by atoms with Gasteiger partial charge in [-0.1, -0.05) is 6.42 Å². The fourth-order valence-electron chi connectivity index (χ4n) is 3.15. The van der Waals surface area contributed by atoms with Crippen LogP contribution in [0.15, 0.2) is 0 Å². The lowest BCUT2D eigenvalue weighted by molar-refractivity contribution is -0.141. The number of hydrogen-bond donors (Lipinski definition) is 2. The molecule has 1 heterocycles. The van der Waals surface area contributed by atoms with Crippen LogP contribution in [0, 0.1) is 0 Å². The van der Waals surface area contributed by atoms with Gasteiger partial charge in [-0.15, -0.1) is 0 Å². The number of rotatable bonds is 5. The highest BCUT2D eigenvalue weighted by Gasteiger charge is 2.43. The van der Waals surface area contributed by atoms with Crippen LogP contribution in [0.1, 0.15) is 44.9 Å². The number of carbonyl (C=O) groups is 2. The summed E-state index contributed by atoms with van der Waals surface area (Å²) in [6.07, 6.45) is 5.19. The number of nitrogens with zero attached hydrogens (tertiary/aromatic N) is 1. The molecule has 0 aromatic carbocycles. The van der Waals surface area contributed by atoms with E-state index in [1.165, 1.54) is 4.31 Å². The molecule has 0 aromatic heterocycles. The maximum Gasteiger partial charge on any atom is 0.305 e. The van der Waals surface area contributed by atoms with E-state index in [4.69, 9.17) is 5.11 Å². The van der Waals surface area contributed by atoms with Crippen molar-refractivity contribution in [1.82, 2.24) is 9.62 Å². The molecule has 0 aromatic rings. The second kappa shape index (κ2) is 5.92. The summed E-state index contributed by atoms with van der Waals surface area (Å²) in [5.41, 5.74) is -0.691. The zero-order chi connectivity index (χ0) is 15.7. The third-order valence-corrected chi connectivity index (χ3v) is 5.66. The molecule has 21 heavy (non-hydrogen) atoms. The van der Waals surface area contributed by atoms with Crippen molar-refractivity contribution in [2.75, 3.05) is 12.8 Å². The lowest BCUT2D eigenvalue weighted by atomic mass is 9.74. The van der Waals surface area contributed by atoms with E-state index in [1.54, 1.807) is 0 Å². The summed E-state index contributed by atoms with van der Waals surface area (Å²) in [4.78, 5) is 23.4. The Morgan fingerprint density at radius 2 is 1.95 bits per heavy atom. The van der Waals surface area contributed by atoms with Crippen LogP contribution in [0.25, 0.3) is 0 Å². The maximum absolute atomic E-state index is 12.4. The van der Waals surface area contributed by atoms with Gasteiger partial charge in [0.15, 0.2) is 0 Å². The number of aliphatic carboxylic acids is 1. The van der Waals surface area contributed by atoms with Crippen molar-refractivity contribution < 1.29 is 23.1 Å². The van der Waals surface area contributed by atoms with E-state index >= 15 is 0 Å². The highest BCUT2D eigenvalue weighted by Crippen LogP contribution is 2.35. The Labute approximate surface area is 124 Å². The standard InChI is InChI=1S/C13H22N2O5S/c1-21(19,20)15-8-3-2-5-10(15)12(18)14-13(6-4-7-13)9-11(16)17/h10H,2-9H2,1H3,(H,14,18)(H,16,17). The number of nitrogens with one attached hydrogen (secondary N) is 1. The van der Waals surface area contributed by atoms with Gasteiger partial charge in [0, 0.05) is 6.54 Å². The number of piperidine rings is 1. The van der Waals surface area contributed by atoms with E-state index in [1.807, 2.05) is 0 Å². The third-order valence-electron chi connectivity index (χ3n) is 4.37. The number of carboxylic acid groups (broad SMARTS) is 1. The first-order valence-corrected chi connectivity index (χ1v) is 9.09. The van der Waals surface area contributed by atoms with Crippen LogP contribution in [0.3, 0.4) is 0 Å². The molecule has 120 valence electrons. The summed E-state index contributed by atoms with van der Waals surface area (Å²) in [6.45, 7) is 0.350. The van der Waals surface area contributed by atoms with Gasteiger partial charge >= 0.3 is 5.97 Å². The Bertz CT molecular complexity index is 527. The zero-order valence-corrected chi connectivity index (χ0v) is 13.0. The predicted octanol–water partition coefficient (Wildman–Crippen LogP) is 0.314. The van der Waals surface area contributed by atoms with Crippen LogP contribution in [-0.4, -0.2) is 54.1 Å². The average molecular weight is 318 g/mol. The Morgan fingerprint density at radius 1 is 1.29 bits per heavy atom. The van der Waals surface area contributed by atoms with E-state index in [2.05, 4.69) is 5.32 Å². The van der Waals surface area contributed by atoms with Crippen LogP contribution < -0.4 is 5.32 Å². The average Bonchev–Trinajstić information content (AvgIpc) is 2.34. The molecule has 0 bridgehead atoms. The van der Waals surface area contributed by atoms with Gasteiger partial charge in [0.25, 0.3) is 0 Å². The Kier molecular flexibility index (Phi) is 4.57. The Hall–Kier alpha value is -1.15. The normalized spacial score (nSPS) is 25.9. The first kappa shape index (κ1) is 16.2. The monoisotopic (exact) mass is 318 g/mol. The lowest BCUT2D eigenvalue weighted by Gasteiger charge is -2.43. The summed E-state index contributed by atoms with van der Waals surface area (Å²) in [7, 11) is -3.43. The van der Waals surface area contributed by atoms with Crippen molar-refractivity contribution in [2.24, 2.45) is 0 Å². The van der Waals surface area contributed by atoms with Gasteiger partial charge < -0.3 is 10.4 Å². The minimum atomic E-state index is -3.43. The van der Waals surface area contributed by atoms with Crippen molar-refractivity contribution >= 4 is 21.9 Å². The SMILES string of the molecule is CS(=O)(=O)N1CCCCC1C(=O)NC1(CC(=O)O)CCC1. The van der Waals surface area contributed by atoms with Crippen molar-refractivity contribution in [3.8, 4) is 0 Å². The molecule has 0 spiro atoms. The first-order valence-electron chi connectivity index (χ1n) is 7.24. The molecule has 1 atom stereocenters. The quantitative estimate of drug-likeness (QED) is 0.759. The number of carbonyl (C=O) groups excluding carboxylic acids is 1. The molecule has 1 saturated heterocycles. The fraction of sp³-hybridized carbons (Fsp3) is 0.846. The third kappa shape index (κ3) is 3.74. The molecule has 1 unspecified atom stereocenters. The van der Waals surface area contributed by atoms with Crippen molar-refractivity contribution in [2.45, 2.75) is 56.5 Å². The van der Waals surface area contributed by atoms with Crippen LogP contribution in [0.4, 0.5) is 0 Å². The van der Waals surface area contributed by atoms with Gasteiger partial charge in [-0.3, -0.25) is 9.59 Å². The van der Waals surface area contributed by atoms with Crippen molar-refractivity contribution in [1.29, 1.82) is 0 Å². The van der Waals surface area contributed by atoms with Gasteiger partial charge in [0.05, 0.1) is 18.2 Å². The largest absolute Gasteiger partial charge is 0.481 e. The lowest BCUT2D eigenvalue weighted by Crippen LogP contribution is -2.60. The molecule has 2 N–H and O–H groups in total. The van der Waals surface area contributed by atoms with Crippen LogP contribution in [0.5, 0.6) is 0 Å². The van der Waals surface area contributed by atoms with Gasteiger partial charge in [0.1, 0.15) is 6.04 Å². The molecule has 2 rings (SSSR count). The number of carboxylic acids is 1. The molecule has 1 aliphatic heterocycles. The van der Waals surface area contributed by atoms with Crippen LogP contribution in [-0.2, 0) is 19.6 Å². The summed E-state index contributed by atoms with van der Waals surface area (Å²) >= 11 is 0. The molecule has 8 heteroatoms. The van der Waals surface area contributed by atoms with Gasteiger partial charge in [-0.25, -0.2) is 8.42 Å². The molecular formula is C13H22N2O5S. The molecule has 1 saturated carbocycles. The minimum Gasteiger partial charge on any atom is -0.481 e. The fourth-order valence-corrected chi connectivity index (χ4v) is 4.27.